The Morgan fingerprint density at radius 3 is 2.58 bits per heavy atom. The van der Waals surface area contributed by atoms with Gasteiger partial charge in [0, 0.05) is 16.8 Å². The van der Waals surface area contributed by atoms with E-state index >= 15 is 0 Å². The molecule has 2 aromatic rings. The maximum atomic E-state index is 12.2. The summed E-state index contributed by atoms with van der Waals surface area (Å²) < 4.78 is 10.0. The highest BCUT2D eigenvalue weighted by Gasteiger charge is 2.23. The highest BCUT2D eigenvalue weighted by Crippen LogP contribution is 2.16. The summed E-state index contributed by atoms with van der Waals surface area (Å²) in [6.07, 6.45) is -1.04. The van der Waals surface area contributed by atoms with Crippen LogP contribution in [0.2, 0.25) is 5.02 Å². The summed E-state index contributed by atoms with van der Waals surface area (Å²) in [7, 11) is 0. The standard InChI is InChI=1S/C17H16ClNO5/c1-9-7-14(20)23-10(2)15(9)17(22)24-11(3)16(21)19-13-6-4-5-12(18)8-13/h4-8,11H,1-3H3,(H,19,21). The second-order valence-electron chi connectivity index (χ2n) is 5.23. The van der Waals surface area contributed by atoms with Gasteiger partial charge in [-0.1, -0.05) is 17.7 Å². The molecule has 2 rings (SSSR count). The van der Waals surface area contributed by atoms with Gasteiger partial charge in [0.15, 0.2) is 6.10 Å². The molecule has 126 valence electrons. The van der Waals surface area contributed by atoms with Gasteiger partial charge < -0.3 is 14.5 Å². The Balaban J connectivity index is 2.09. The third-order valence-electron chi connectivity index (χ3n) is 3.28. The van der Waals surface area contributed by atoms with Crippen LogP contribution in [-0.4, -0.2) is 18.0 Å². The quantitative estimate of drug-likeness (QED) is 0.857. The minimum absolute atomic E-state index is 0.136. The van der Waals surface area contributed by atoms with Crippen LogP contribution in [0, 0.1) is 13.8 Å². The van der Waals surface area contributed by atoms with Gasteiger partial charge in [0.25, 0.3) is 5.91 Å². The Hall–Kier alpha value is -2.60. The molecule has 1 aromatic heterocycles. The number of halogens is 1. The molecule has 1 aromatic carbocycles. The molecule has 1 amide bonds. The Labute approximate surface area is 143 Å². The second-order valence-corrected chi connectivity index (χ2v) is 5.66. The summed E-state index contributed by atoms with van der Waals surface area (Å²) in [5.74, 6) is -1.09. The van der Waals surface area contributed by atoms with Crippen molar-refractivity contribution in [1.29, 1.82) is 0 Å². The van der Waals surface area contributed by atoms with Gasteiger partial charge >= 0.3 is 11.6 Å². The van der Waals surface area contributed by atoms with Crippen molar-refractivity contribution in [3.05, 3.63) is 62.7 Å². The zero-order valence-electron chi connectivity index (χ0n) is 13.4. The molecule has 7 heteroatoms. The van der Waals surface area contributed by atoms with Crippen LogP contribution in [0.25, 0.3) is 0 Å². The minimum atomic E-state index is -1.04. The van der Waals surface area contributed by atoms with E-state index in [0.717, 1.165) is 0 Å². The molecule has 1 heterocycles. The first-order chi connectivity index (χ1) is 11.3. The molecule has 0 aliphatic heterocycles. The molecular formula is C17H16ClNO5. The highest BCUT2D eigenvalue weighted by molar-refractivity contribution is 6.30. The van der Waals surface area contributed by atoms with Crippen molar-refractivity contribution in [2.24, 2.45) is 0 Å². The first kappa shape index (κ1) is 17.7. The molecule has 0 aliphatic rings. The molecule has 6 nitrogen and oxygen atoms in total. The largest absolute Gasteiger partial charge is 0.449 e. The number of hydrogen-bond donors (Lipinski definition) is 1. The lowest BCUT2D eigenvalue weighted by atomic mass is 10.1. The lowest BCUT2D eigenvalue weighted by Gasteiger charge is -2.15. The number of carbonyl (C=O) groups is 2. The summed E-state index contributed by atoms with van der Waals surface area (Å²) in [6, 6.07) is 7.80. The number of anilines is 1. The number of ether oxygens (including phenoxy) is 1. The van der Waals surface area contributed by atoms with Gasteiger partial charge in [-0.05, 0) is 44.5 Å². The van der Waals surface area contributed by atoms with Crippen LogP contribution < -0.4 is 10.9 Å². The molecule has 1 N–H and O–H groups in total. The number of benzene rings is 1. The molecule has 0 saturated heterocycles. The molecule has 0 fully saturated rings. The fourth-order valence-corrected chi connectivity index (χ4v) is 2.34. The molecule has 1 atom stereocenters. The molecule has 1 unspecified atom stereocenters. The number of carbonyl (C=O) groups excluding carboxylic acids is 2. The van der Waals surface area contributed by atoms with Crippen molar-refractivity contribution in [2.75, 3.05) is 5.32 Å². The Morgan fingerprint density at radius 2 is 1.96 bits per heavy atom. The van der Waals surface area contributed by atoms with Crippen molar-refractivity contribution in [3.8, 4) is 0 Å². The third-order valence-corrected chi connectivity index (χ3v) is 3.52. The zero-order chi connectivity index (χ0) is 17.9. The van der Waals surface area contributed by atoms with Crippen LogP contribution in [0.3, 0.4) is 0 Å². The summed E-state index contributed by atoms with van der Waals surface area (Å²) in [5.41, 5.74) is 0.509. The highest BCUT2D eigenvalue weighted by atomic mass is 35.5. The molecule has 0 radical (unpaired) electrons. The van der Waals surface area contributed by atoms with E-state index in [-0.39, 0.29) is 11.3 Å². The SMILES string of the molecule is Cc1cc(=O)oc(C)c1C(=O)OC(C)C(=O)Nc1cccc(Cl)c1. The number of amides is 1. The summed E-state index contributed by atoms with van der Waals surface area (Å²) in [4.78, 5) is 35.6. The van der Waals surface area contributed by atoms with E-state index < -0.39 is 23.6 Å². The van der Waals surface area contributed by atoms with E-state index in [4.69, 9.17) is 20.8 Å². The zero-order valence-corrected chi connectivity index (χ0v) is 14.1. The normalized spacial score (nSPS) is 11.7. The molecule has 0 saturated carbocycles. The van der Waals surface area contributed by atoms with Gasteiger partial charge in [-0.3, -0.25) is 4.79 Å². The summed E-state index contributed by atoms with van der Waals surface area (Å²) in [6.45, 7) is 4.53. The van der Waals surface area contributed by atoms with Crippen molar-refractivity contribution in [1.82, 2.24) is 0 Å². The molecule has 0 spiro atoms. The first-order valence-corrected chi connectivity index (χ1v) is 7.54. The Kier molecular flexibility index (Phi) is 5.41. The smallest absolute Gasteiger partial charge is 0.342 e. The lowest BCUT2D eigenvalue weighted by molar-refractivity contribution is -0.123. The van der Waals surface area contributed by atoms with Crippen LogP contribution in [0.5, 0.6) is 0 Å². The third kappa shape index (κ3) is 4.23. The van der Waals surface area contributed by atoms with Gasteiger partial charge in [-0.2, -0.15) is 0 Å². The number of rotatable bonds is 4. The topological polar surface area (TPSA) is 85.6 Å². The van der Waals surface area contributed by atoms with E-state index in [1.54, 1.807) is 31.2 Å². The number of aryl methyl sites for hydroxylation is 2. The molecular weight excluding hydrogens is 334 g/mol. The van der Waals surface area contributed by atoms with E-state index in [2.05, 4.69) is 5.32 Å². The van der Waals surface area contributed by atoms with E-state index in [0.29, 0.717) is 16.3 Å². The van der Waals surface area contributed by atoms with Gasteiger partial charge in [0.2, 0.25) is 0 Å². The van der Waals surface area contributed by atoms with E-state index in [9.17, 15) is 14.4 Å². The maximum Gasteiger partial charge on any atom is 0.342 e. The average Bonchev–Trinajstić information content (AvgIpc) is 2.45. The van der Waals surface area contributed by atoms with E-state index in [1.807, 2.05) is 0 Å². The molecule has 0 aliphatic carbocycles. The number of hydrogen-bond acceptors (Lipinski definition) is 5. The van der Waals surface area contributed by atoms with Crippen LogP contribution in [-0.2, 0) is 9.53 Å². The first-order valence-electron chi connectivity index (χ1n) is 7.16. The fraction of sp³-hybridized carbons (Fsp3) is 0.235. The van der Waals surface area contributed by atoms with Crippen molar-refractivity contribution in [3.63, 3.8) is 0 Å². The van der Waals surface area contributed by atoms with Gasteiger partial charge in [-0.25, -0.2) is 9.59 Å². The van der Waals surface area contributed by atoms with Crippen molar-refractivity contribution >= 4 is 29.2 Å². The van der Waals surface area contributed by atoms with Gasteiger partial charge in [0.1, 0.15) is 11.3 Å². The van der Waals surface area contributed by atoms with Crippen LogP contribution in [0.4, 0.5) is 5.69 Å². The average molecular weight is 350 g/mol. The van der Waals surface area contributed by atoms with Crippen LogP contribution >= 0.6 is 11.6 Å². The van der Waals surface area contributed by atoms with Gasteiger partial charge in [-0.15, -0.1) is 0 Å². The number of esters is 1. The number of nitrogens with one attached hydrogen (secondary N) is 1. The van der Waals surface area contributed by atoms with Crippen molar-refractivity contribution < 1.29 is 18.7 Å². The summed E-state index contributed by atoms with van der Waals surface area (Å²) in [5, 5.41) is 3.08. The fourth-order valence-electron chi connectivity index (χ4n) is 2.15. The summed E-state index contributed by atoms with van der Waals surface area (Å²) >= 11 is 5.85. The molecule has 24 heavy (non-hydrogen) atoms. The monoisotopic (exact) mass is 349 g/mol. The lowest BCUT2D eigenvalue weighted by Crippen LogP contribution is -2.30. The second kappa shape index (κ2) is 7.31. The van der Waals surface area contributed by atoms with Gasteiger partial charge in [0.05, 0.1) is 0 Å². The Morgan fingerprint density at radius 1 is 1.25 bits per heavy atom. The predicted octanol–water partition coefficient (Wildman–Crippen LogP) is 3.09. The van der Waals surface area contributed by atoms with Crippen LogP contribution in [0.15, 0.2) is 39.5 Å². The Bertz CT molecular complexity index is 817. The van der Waals surface area contributed by atoms with Crippen LogP contribution in [0.1, 0.15) is 28.6 Å². The van der Waals surface area contributed by atoms with Crippen molar-refractivity contribution in [2.45, 2.75) is 26.9 Å². The minimum Gasteiger partial charge on any atom is -0.449 e. The predicted molar refractivity (Wildman–Crippen MR) is 89.4 cm³/mol. The molecule has 0 bridgehead atoms. The maximum absolute atomic E-state index is 12.2. The van der Waals surface area contributed by atoms with E-state index in [1.165, 1.54) is 19.9 Å².